The molecule has 4 rings (SSSR count). The van der Waals surface area contributed by atoms with Crippen molar-refractivity contribution in [1.82, 2.24) is 0 Å². The lowest BCUT2D eigenvalue weighted by Crippen LogP contribution is -2.31. The number of hydrogen-bond acceptors (Lipinski definition) is 5. The molecule has 1 heterocycles. The summed E-state index contributed by atoms with van der Waals surface area (Å²) in [5.41, 5.74) is 0.507. The van der Waals surface area contributed by atoms with Crippen LogP contribution in [0.15, 0.2) is 57.7 Å². The summed E-state index contributed by atoms with van der Waals surface area (Å²) in [6, 6.07) is 12.3. The number of benzene rings is 3. The predicted octanol–water partition coefficient (Wildman–Crippen LogP) is 5.96. The number of ether oxygens (including phenoxy) is 2. The maximum absolute atomic E-state index is 13.9. The molecule has 0 spiro atoms. The van der Waals surface area contributed by atoms with Crippen LogP contribution in [0.4, 0.5) is 27.6 Å². The Kier molecular flexibility index (Phi) is 7.14. The van der Waals surface area contributed by atoms with Crippen LogP contribution in [0.3, 0.4) is 0 Å². The monoisotopic (exact) mass is 519 g/mol. The molecule has 4 aromatic rings. The van der Waals surface area contributed by atoms with Crippen molar-refractivity contribution in [3.63, 3.8) is 0 Å². The molecule has 37 heavy (non-hydrogen) atoms. The van der Waals surface area contributed by atoms with Crippen LogP contribution in [0.2, 0.25) is 0 Å². The highest BCUT2D eigenvalue weighted by Crippen LogP contribution is 2.30. The number of rotatable bonds is 7. The zero-order valence-corrected chi connectivity index (χ0v) is 19.3. The van der Waals surface area contributed by atoms with Crippen molar-refractivity contribution in [1.29, 1.82) is 0 Å². The molecule has 1 atom stereocenters. The van der Waals surface area contributed by atoms with Gasteiger partial charge in [0.15, 0.2) is 17.3 Å². The first-order valence-corrected chi connectivity index (χ1v) is 10.9. The number of carbonyl (C=O) groups is 1. The van der Waals surface area contributed by atoms with Gasteiger partial charge in [-0.25, -0.2) is 13.2 Å². The Hall–Kier alpha value is -4.41. The van der Waals surface area contributed by atoms with E-state index in [1.807, 2.05) is 6.92 Å². The van der Waals surface area contributed by atoms with Gasteiger partial charge in [-0.15, -0.1) is 0 Å². The van der Waals surface area contributed by atoms with Crippen LogP contribution in [0.1, 0.15) is 13.8 Å². The molecule has 1 aromatic heterocycles. The summed E-state index contributed by atoms with van der Waals surface area (Å²) < 4.78 is 83.8. The minimum Gasteiger partial charge on any atom is -0.494 e. The highest BCUT2D eigenvalue weighted by atomic mass is 19.2. The Labute approximate surface area is 206 Å². The number of anilines is 1. The van der Waals surface area contributed by atoms with Crippen LogP contribution in [0, 0.1) is 29.1 Å². The molecule has 0 aliphatic carbocycles. The van der Waals surface area contributed by atoms with Gasteiger partial charge in [0.25, 0.3) is 5.91 Å². The summed E-state index contributed by atoms with van der Waals surface area (Å²) in [5, 5.41) is 2.61. The Morgan fingerprint density at radius 3 is 2.16 bits per heavy atom. The lowest BCUT2D eigenvalue weighted by molar-refractivity contribution is -0.122. The minimum absolute atomic E-state index is 0.123. The molecule has 0 fully saturated rings. The lowest BCUT2D eigenvalue weighted by atomic mass is 10.1. The van der Waals surface area contributed by atoms with E-state index < -0.39 is 46.8 Å². The van der Waals surface area contributed by atoms with E-state index in [2.05, 4.69) is 5.32 Å². The molecule has 0 saturated heterocycles. The Bertz CT molecular complexity index is 1520. The van der Waals surface area contributed by atoms with Crippen LogP contribution >= 0.6 is 0 Å². The summed E-state index contributed by atoms with van der Waals surface area (Å²) in [6.45, 7) is 3.39. The molecule has 0 radical (unpaired) electrons. The van der Waals surface area contributed by atoms with E-state index in [4.69, 9.17) is 13.9 Å². The molecule has 6 nitrogen and oxygen atoms in total. The highest BCUT2D eigenvalue weighted by molar-refractivity contribution is 5.96. The quantitative estimate of drug-likeness (QED) is 0.185. The van der Waals surface area contributed by atoms with Crippen LogP contribution in [-0.4, -0.2) is 18.6 Å². The van der Waals surface area contributed by atoms with Crippen LogP contribution in [-0.2, 0) is 4.79 Å². The number of hydrogen-bond donors (Lipinski definition) is 1. The van der Waals surface area contributed by atoms with Gasteiger partial charge in [-0.3, -0.25) is 9.59 Å². The molecular formula is C26H18F5NO5. The summed E-state index contributed by atoms with van der Waals surface area (Å²) in [4.78, 5) is 25.1. The van der Waals surface area contributed by atoms with Crippen molar-refractivity contribution < 1.29 is 40.6 Å². The van der Waals surface area contributed by atoms with Crippen molar-refractivity contribution >= 4 is 22.6 Å². The Balaban J connectivity index is 1.57. The molecule has 192 valence electrons. The molecule has 0 saturated carbocycles. The number of fused-ring (bicyclic) bond motifs is 1. The van der Waals surface area contributed by atoms with E-state index >= 15 is 0 Å². The lowest BCUT2D eigenvalue weighted by Gasteiger charge is -2.16. The second-order valence-electron chi connectivity index (χ2n) is 7.79. The second kappa shape index (κ2) is 10.3. The van der Waals surface area contributed by atoms with Gasteiger partial charge in [-0.1, -0.05) is 0 Å². The second-order valence-corrected chi connectivity index (χ2v) is 7.79. The van der Waals surface area contributed by atoms with Crippen molar-refractivity contribution in [2.45, 2.75) is 20.0 Å². The first kappa shape index (κ1) is 25.7. The maximum Gasteiger partial charge on any atom is 0.265 e. The molecule has 1 unspecified atom stereocenters. The van der Waals surface area contributed by atoms with Gasteiger partial charge in [-0.2, -0.15) is 8.78 Å². The molecule has 0 bridgehead atoms. The fraction of sp³-hybridized carbons (Fsp3) is 0.154. The molecule has 1 N–H and O–H groups in total. The summed E-state index contributed by atoms with van der Waals surface area (Å²) >= 11 is 0. The van der Waals surface area contributed by atoms with E-state index in [0.29, 0.717) is 17.9 Å². The fourth-order valence-corrected chi connectivity index (χ4v) is 3.42. The van der Waals surface area contributed by atoms with Crippen molar-refractivity contribution in [3.8, 4) is 22.8 Å². The Morgan fingerprint density at radius 2 is 1.54 bits per heavy atom. The first-order valence-electron chi connectivity index (χ1n) is 10.9. The number of carbonyl (C=O) groups excluding carboxylic acids is 1. The van der Waals surface area contributed by atoms with Crippen LogP contribution in [0.25, 0.3) is 22.3 Å². The number of amides is 1. The summed E-state index contributed by atoms with van der Waals surface area (Å²) in [7, 11) is 0. The third-order valence-electron chi connectivity index (χ3n) is 5.28. The first-order chi connectivity index (χ1) is 17.6. The third-order valence-corrected chi connectivity index (χ3v) is 5.28. The van der Waals surface area contributed by atoms with Gasteiger partial charge in [0, 0.05) is 23.4 Å². The van der Waals surface area contributed by atoms with Crippen LogP contribution < -0.4 is 20.2 Å². The third kappa shape index (κ3) is 5.11. The highest BCUT2D eigenvalue weighted by Gasteiger charge is 2.29. The zero-order chi connectivity index (χ0) is 26.9. The van der Waals surface area contributed by atoms with Gasteiger partial charge < -0.3 is 19.2 Å². The van der Waals surface area contributed by atoms with E-state index in [0.717, 1.165) is 6.92 Å². The molecule has 0 aliphatic heterocycles. The van der Waals surface area contributed by atoms with Gasteiger partial charge >= 0.3 is 0 Å². The standard InChI is InChI=1S/C26H18F5NO5/c1-3-35-15-7-4-13(5-8-15)18-11-17(33)16-9-6-14(10-19(16)37-18)32-26(34)12(2)36-25-23(30)21(28)20(27)22(29)24(25)31/h4-12H,3H2,1-2H3,(H,32,34). The minimum atomic E-state index is -2.35. The summed E-state index contributed by atoms with van der Waals surface area (Å²) in [6.07, 6.45) is -1.66. The average molecular weight is 519 g/mol. The van der Waals surface area contributed by atoms with E-state index in [1.165, 1.54) is 24.3 Å². The molecular weight excluding hydrogens is 501 g/mol. The van der Waals surface area contributed by atoms with E-state index in [-0.39, 0.29) is 27.8 Å². The van der Waals surface area contributed by atoms with E-state index in [9.17, 15) is 31.5 Å². The Morgan fingerprint density at radius 1 is 0.919 bits per heavy atom. The van der Waals surface area contributed by atoms with Gasteiger partial charge in [0.05, 0.1) is 12.0 Å². The van der Waals surface area contributed by atoms with Crippen LogP contribution in [0.5, 0.6) is 11.5 Å². The van der Waals surface area contributed by atoms with Gasteiger partial charge in [-0.05, 0) is 50.2 Å². The topological polar surface area (TPSA) is 77.8 Å². The average Bonchev–Trinajstić information content (AvgIpc) is 2.89. The number of nitrogens with one attached hydrogen (secondary N) is 1. The smallest absolute Gasteiger partial charge is 0.265 e. The van der Waals surface area contributed by atoms with Crippen molar-refractivity contribution in [2.75, 3.05) is 11.9 Å². The largest absolute Gasteiger partial charge is 0.494 e. The van der Waals surface area contributed by atoms with Gasteiger partial charge in [0.2, 0.25) is 29.1 Å². The summed E-state index contributed by atoms with van der Waals surface area (Å²) in [5.74, 6) is -12.8. The predicted molar refractivity (Wildman–Crippen MR) is 124 cm³/mol. The SMILES string of the molecule is CCOc1ccc(-c2cc(=O)c3ccc(NC(=O)C(C)Oc4c(F)c(F)c(F)c(F)c4F)cc3o2)cc1. The molecule has 11 heteroatoms. The number of halogens is 5. The fourth-order valence-electron chi connectivity index (χ4n) is 3.42. The molecule has 3 aromatic carbocycles. The molecule has 1 amide bonds. The molecule has 0 aliphatic rings. The maximum atomic E-state index is 13.9. The van der Waals surface area contributed by atoms with Crippen molar-refractivity contribution in [2.24, 2.45) is 0 Å². The normalized spacial score (nSPS) is 11.9. The van der Waals surface area contributed by atoms with Crippen molar-refractivity contribution in [3.05, 3.63) is 87.8 Å². The van der Waals surface area contributed by atoms with E-state index in [1.54, 1.807) is 24.3 Å². The zero-order valence-electron chi connectivity index (χ0n) is 19.3. The van der Waals surface area contributed by atoms with Gasteiger partial charge in [0.1, 0.15) is 17.1 Å².